The number of rotatable bonds is 7. The lowest BCUT2D eigenvalue weighted by atomic mass is 9.84. The van der Waals surface area contributed by atoms with Crippen LogP contribution in [-0.2, 0) is 0 Å². The molecule has 0 aliphatic rings. The van der Waals surface area contributed by atoms with Crippen molar-refractivity contribution < 1.29 is 4.42 Å². The van der Waals surface area contributed by atoms with E-state index in [0.717, 1.165) is 50.1 Å². The van der Waals surface area contributed by atoms with Crippen LogP contribution in [0.2, 0.25) is 0 Å². The Morgan fingerprint density at radius 2 is 0.788 bits per heavy atom. The minimum absolute atomic E-state index is 0.856. The van der Waals surface area contributed by atoms with Crippen molar-refractivity contribution in [3.05, 3.63) is 249 Å². The molecule has 66 heavy (non-hydrogen) atoms. The van der Waals surface area contributed by atoms with Gasteiger partial charge in [0.2, 0.25) is 0 Å². The van der Waals surface area contributed by atoms with Crippen LogP contribution in [0.5, 0.6) is 0 Å². The maximum Gasteiger partial charge on any atom is 0.137 e. The number of nitrogens with zero attached hydrogens (tertiary/aromatic N) is 1. The molecule has 0 N–H and O–H groups in total. The highest BCUT2D eigenvalue weighted by Gasteiger charge is 2.22. The van der Waals surface area contributed by atoms with Crippen molar-refractivity contribution in [2.24, 2.45) is 0 Å². The van der Waals surface area contributed by atoms with Crippen LogP contribution in [0.3, 0.4) is 0 Å². The first-order valence-corrected chi connectivity index (χ1v) is 22.7. The van der Waals surface area contributed by atoms with Gasteiger partial charge in [-0.05, 0) is 124 Å². The molecular weight excluding hydrogens is 799 g/mol. The van der Waals surface area contributed by atoms with E-state index in [4.69, 9.17) is 4.42 Å². The summed E-state index contributed by atoms with van der Waals surface area (Å²) in [5.41, 5.74) is 14.4. The molecule has 0 atom stereocenters. The van der Waals surface area contributed by atoms with Crippen molar-refractivity contribution in [1.82, 2.24) is 0 Å². The molecule has 0 bridgehead atoms. The monoisotopic (exact) mass is 839 g/mol. The van der Waals surface area contributed by atoms with Crippen LogP contribution in [0.25, 0.3) is 110 Å². The molecule has 2 heteroatoms. The molecule has 308 valence electrons. The van der Waals surface area contributed by atoms with E-state index < -0.39 is 0 Å². The van der Waals surface area contributed by atoms with Crippen molar-refractivity contribution in [3.8, 4) is 44.5 Å². The van der Waals surface area contributed by atoms with Gasteiger partial charge in [-0.25, -0.2) is 0 Å². The highest BCUT2D eigenvalue weighted by atomic mass is 16.3. The average molecular weight is 840 g/mol. The number of hydrogen-bond acceptors (Lipinski definition) is 2. The van der Waals surface area contributed by atoms with Crippen molar-refractivity contribution in [2.75, 3.05) is 4.90 Å². The van der Waals surface area contributed by atoms with E-state index in [1.165, 1.54) is 76.5 Å². The average Bonchev–Trinajstić information content (AvgIpc) is 3.77. The fourth-order valence-electron chi connectivity index (χ4n) is 10.4. The SMILES string of the molecule is c1ccc(-c2c(-c3ccccc3)c3cc(-c4ccccc4N(c4ccc(-c5cccc6c5ccc5ccccc56)cc4)c4ccc5c(c4)oc4ccccc45)ccc3c3ccccc23)cc1. The normalized spacial score (nSPS) is 11.6. The van der Waals surface area contributed by atoms with Crippen LogP contribution in [0.15, 0.2) is 253 Å². The van der Waals surface area contributed by atoms with E-state index in [1.807, 2.05) is 12.1 Å². The van der Waals surface area contributed by atoms with Crippen LogP contribution in [0, 0.1) is 0 Å². The summed E-state index contributed by atoms with van der Waals surface area (Å²) in [7, 11) is 0. The molecule has 0 aliphatic carbocycles. The summed E-state index contributed by atoms with van der Waals surface area (Å²) in [5, 5.41) is 12.2. The second kappa shape index (κ2) is 15.5. The van der Waals surface area contributed by atoms with Crippen LogP contribution in [0.4, 0.5) is 17.1 Å². The van der Waals surface area contributed by atoms with E-state index >= 15 is 0 Å². The second-order valence-electron chi connectivity index (χ2n) is 17.2. The maximum atomic E-state index is 6.54. The molecule has 13 rings (SSSR count). The molecule has 0 spiro atoms. The first kappa shape index (κ1) is 37.8. The number of anilines is 3. The van der Waals surface area contributed by atoms with Crippen molar-refractivity contribution in [3.63, 3.8) is 0 Å². The van der Waals surface area contributed by atoms with Gasteiger partial charge in [0.05, 0.1) is 5.69 Å². The van der Waals surface area contributed by atoms with Gasteiger partial charge in [0.1, 0.15) is 11.2 Å². The van der Waals surface area contributed by atoms with E-state index in [-0.39, 0.29) is 0 Å². The van der Waals surface area contributed by atoms with Gasteiger partial charge in [-0.15, -0.1) is 0 Å². The summed E-state index contributed by atoms with van der Waals surface area (Å²) in [6.45, 7) is 0. The van der Waals surface area contributed by atoms with Gasteiger partial charge in [0.15, 0.2) is 0 Å². The minimum Gasteiger partial charge on any atom is -0.456 e. The van der Waals surface area contributed by atoms with E-state index in [2.05, 4.69) is 241 Å². The Labute approximate surface area is 382 Å². The lowest BCUT2D eigenvalue weighted by molar-refractivity contribution is 0.669. The molecule has 1 heterocycles. The summed E-state index contributed by atoms with van der Waals surface area (Å²) < 4.78 is 6.54. The van der Waals surface area contributed by atoms with E-state index in [1.54, 1.807) is 0 Å². The quantitative estimate of drug-likeness (QED) is 0.149. The van der Waals surface area contributed by atoms with Crippen molar-refractivity contribution in [2.45, 2.75) is 0 Å². The van der Waals surface area contributed by atoms with Gasteiger partial charge in [-0.1, -0.05) is 200 Å². The zero-order valence-electron chi connectivity index (χ0n) is 36.0. The highest BCUT2D eigenvalue weighted by molar-refractivity contribution is 6.22. The third-order valence-electron chi connectivity index (χ3n) is 13.5. The van der Waals surface area contributed by atoms with Crippen LogP contribution < -0.4 is 4.90 Å². The molecule has 0 saturated carbocycles. The molecule has 1 aromatic heterocycles. The molecule has 0 amide bonds. The topological polar surface area (TPSA) is 16.4 Å². The summed E-state index contributed by atoms with van der Waals surface area (Å²) >= 11 is 0. The summed E-state index contributed by atoms with van der Waals surface area (Å²) in [4.78, 5) is 2.39. The smallest absolute Gasteiger partial charge is 0.137 e. The van der Waals surface area contributed by atoms with Gasteiger partial charge in [0.25, 0.3) is 0 Å². The number of benzene rings is 12. The van der Waals surface area contributed by atoms with E-state index in [9.17, 15) is 0 Å². The molecule has 2 nitrogen and oxygen atoms in total. The Morgan fingerprint density at radius 3 is 1.59 bits per heavy atom. The number of fused-ring (bicyclic) bond motifs is 9. The molecule has 12 aromatic carbocycles. The molecule has 0 aliphatic heterocycles. The molecule has 0 unspecified atom stereocenters. The third-order valence-corrected chi connectivity index (χ3v) is 13.5. The third kappa shape index (κ3) is 6.18. The van der Waals surface area contributed by atoms with Gasteiger partial charge >= 0.3 is 0 Å². The predicted molar refractivity (Wildman–Crippen MR) is 280 cm³/mol. The summed E-state index contributed by atoms with van der Waals surface area (Å²) in [5.74, 6) is 0. The molecule has 0 saturated heterocycles. The molecular formula is C64H41NO. The zero-order chi connectivity index (χ0) is 43.6. The molecule has 13 aromatic rings. The Balaban J connectivity index is 1.02. The lowest BCUT2D eigenvalue weighted by Gasteiger charge is -2.28. The largest absolute Gasteiger partial charge is 0.456 e. The predicted octanol–water partition coefficient (Wildman–Crippen LogP) is 18.3. The maximum absolute atomic E-state index is 6.54. The van der Waals surface area contributed by atoms with Gasteiger partial charge in [-0.2, -0.15) is 0 Å². The first-order valence-electron chi connectivity index (χ1n) is 22.7. The molecule has 0 radical (unpaired) electrons. The number of furan rings is 1. The van der Waals surface area contributed by atoms with Gasteiger partial charge in [0, 0.05) is 33.8 Å². The van der Waals surface area contributed by atoms with Crippen LogP contribution in [-0.4, -0.2) is 0 Å². The fraction of sp³-hybridized carbons (Fsp3) is 0. The van der Waals surface area contributed by atoms with Gasteiger partial charge < -0.3 is 9.32 Å². The number of hydrogen-bond donors (Lipinski definition) is 0. The highest BCUT2D eigenvalue weighted by Crippen LogP contribution is 2.48. The Bertz CT molecular complexity index is 3980. The first-order chi connectivity index (χ1) is 32.7. The molecule has 0 fully saturated rings. The Hall–Kier alpha value is -8.72. The van der Waals surface area contributed by atoms with Crippen LogP contribution >= 0.6 is 0 Å². The van der Waals surface area contributed by atoms with Crippen molar-refractivity contribution in [1.29, 1.82) is 0 Å². The lowest BCUT2D eigenvalue weighted by Crippen LogP contribution is -2.11. The zero-order valence-corrected chi connectivity index (χ0v) is 36.0. The summed E-state index contributed by atoms with van der Waals surface area (Å²) in [6, 6.07) is 90.3. The standard InChI is InChI=1S/C64H41NO/c1-3-17-44(18-4-1)63-58-25-10-9-23-53(58)55-38-33-46(40-59(55)64(63)45-19-5-2-6-20-45)51-22-11-13-28-60(51)65(48-36-39-57-56-24-12-14-29-61(56)66-62(57)41-48)47-34-30-43(31-35-47)50-26-15-27-52-49-21-8-7-16-42(49)32-37-54(50)52/h1-41H. The van der Waals surface area contributed by atoms with Crippen molar-refractivity contribution >= 4 is 82.1 Å². The summed E-state index contributed by atoms with van der Waals surface area (Å²) in [6.07, 6.45) is 0. The van der Waals surface area contributed by atoms with Gasteiger partial charge in [-0.3, -0.25) is 0 Å². The van der Waals surface area contributed by atoms with E-state index in [0.29, 0.717) is 0 Å². The second-order valence-corrected chi connectivity index (χ2v) is 17.2. The Kier molecular flexibility index (Phi) is 8.89. The van der Waals surface area contributed by atoms with Crippen LogP contribution in [0.1, 0.15) is 0 Å². The fourth-order valence-corrected chi connectivity index (χ4v) is 10.4. The Morgan fingerprint density at radius 1 is 0.258 bits per heavy atom. The minimum atomic E-state index is 0.856. The number of para-hydroxylation sites is 2.